The van der Waals surface area contributed by atoms with Gasteiger partial charge in [0.15, 0.2) is 5.76 Å². The lowest BCUT2D eigenvalue weighted by Crippen LogP contribution is -2.24. The Morgan fingerprint density at radius 2 is 2.10 bits per heavy atom. The Morgan fingerprint density at radius 3 is 2.71 bits per heavy atom. The number of carbonyl (C=O) groups is 1. The topological polar surface area (TPSA) is 65.7 Å². The van der Waals surface area contributed by atoms with E-state index in [1.165, 1.54) is 0 Å². The lowest BCUT2D eigenvalue weighted by atomic mass is 10.1. The van der Waals surface area contributed by atoms with E-state index in [1.54, 1.807) is 6.07 Å². The molecule has 0 spiro atoms. The highest BCUT2D eigenvalue weighted by Crippen LogP contribution is 2.11. The molecule has 1 rings (SSSR count). The van der Waals surface area contributed by atoms with Crippen LogP contribution in [0.1, 0.15) is 49.9 Å². The van der Waals surface area contributed by atoms with Crippen LogP contribution >= 0.6 is 0 Å². The summed E-state index contributed by atoms with van der Waals surface area (Å²) >= 11 is 0. The summed E-state index contributed by atoms with van der Waals surface area (Å²) in [6.45, 7) is 9.66. The molecule has 0 aliphatic heterocycles. The van der Waals surface area contributed by atoms with Crippen LogP contribution in [-0.4, -0.2) is 42.2 Å². The summed E-state index contributed by atoms with van der Waals surface area (Å²) in [4.78, 5) is 14.2. The first-order valence-corrected chi connectivity index (χ1v) is 7.80. The van der Waals surface area contributed by atoms with Crippen LogP contribution in [0.4, 0.5) is 0 Å². The number of aliphatic hydroxyl groups excluding tert-OH is 1. The Bertz CT molecular complexity index is 413. The molecule has 1 heterocycles. The fourth-order valence-electron chi connectivity index (χ4n) is 2.08. The van der Waals surface area contributed by atoms with Crippen molar-refractivity contribution < 1.29 is 14.3 Å². The Kier molecular flexibility index (Phi) is 8.08. The van der Waals surface area contributed by atoms with Crippen molar-refractivity contribution in [1.82, 2.24) is 10.2 Å². The van der Waals surface area contributed by atoms with E-state index in [9.17, 15) is 4.79 Å². The summed E-state index contributed by atoms with van der Waals surface area (Å²) in [6, 6.07) is 3.59. The first-order chi connectivity index (χ1) is 10.1. The van der Waals surface area contributed by atoms with Gasteiger partial charge in [0.1, 0.15) is 5.76 Å². The molecule has 0 fully saturated rings. The molecule has 0 radical (unpaired) electrons. The van der Waals surface area contributed by atoms with Crippen molar-refractivity contribution in [3.8, 4) is 0 Å². The SMILES string of the molecule is CCN(CC)Cc1ccc(C(=O)NCCCC(C)CO)o1. The zero-order chi connectivity index (χ0) is 15.7. The van der Waals surface area contributed by atoms with Crippen molar-refractivity contribution in [3.63, 3.8) is 0 Å². The maximum atomic E-state index is 11.9. The average Bonchev–Trinajstić information content (AvgIpc) is 2.97. The van der Waals surface area contributed by atoms with Gasteiger partial charge in [-0.2, -0.15) is 0 Å². The number of nitrogens with zero attached hydrogens (tertiary/aromatic N) is 1. The number of amides is 1. The maximum absolute atomic E-state index is 11.9. The Labute approximate surface area is 127 Å². The molecule has 0 bridgehead atoms. The van der Waals surface area contributed by atoms with Gasteiger partial charge in [-0.3, -0.25) is 9.69 Å². The molecule has 120 valence electrons. The molecule has 1 unspecified atom stereocenters. The predicted octanol–water partition coefficient (Wildman–Crippen LogP) is 2.26. The molecule has 1 amide bonds. The van der Waals surface area contributed by atoms with Crippen LogP contribution in [0.25, 0.3) is 0 Å². The van der Waals surface area contributed by atoms with Crippen molar-refractivity contribution in [1.29, 1.82) is 0 Å². The van der Waals surface area contributed by atoms with E-state index in [-0.39, 0.29) is 18.4 Å². The number of furan rings is 1. The second kappa shape index (κ2) is 9.58. The minimum atomic E-state index is -0.169. The van der Waals surface area contributed by atoms with Crippen LogP contribution in [0.3, 0.4) is 0 Å². The smallest absolute Gasteiger partial charge is 0.286 e. The Balaban J connectivity index is 2.36. The van der Waals surface area contributed by atoms with Crippen molar-refractivity contribution in [2.45, 2.75) is 40.2 Å². The number of aliphatic hydroxyl groups is 1. The summed E-state index contributed by atoms with van der Waals surface area (Å²) in [5.74, 6) is 1.30. The van der Waals surface area contributed by atoms with E-state index in [4.69, 9.17) is 9.52 Å². The van der Waals surface area contributed by atoms with E-state index in [2.05, 4.69) is 24.1 Å². The third kappa shape index (κ3) is 6.31. The number of hydrogen-bond acceptors (Lipinski definition) is 4. The number of carbonyl (C=O) groups excluding carboxylic acids is 1. The summed E-state index contributed by atoms with van der Waals surface area (Å²) < 4.78 is 5.59. The van der Waals surface area contributed by atoms with Gasteiger partial charge in [-0.15, -0.1) is 0 Å². The monoisotopic (exact) mass is 296 g/mol. The van der Waals surface area contributed by atoms with Gasteiger partial charge in [-0.25, -0.2) is 0 Å². The molecule has 5 heteroatoms. The van der Waals surface area contributed by atoms with Gasteiger partial charge >= 0.3 is 0 Å². The number of nitrogens with one attached hydrogen (secondary N) is 1. The lowest BCUT2D eigenvalue weighted by molar-refractivity contribution is 0.0920. The largest absolute Gasteiger partial charge is 0.455 e. The molecule has 1 aromatic rings. The van der Waals surface area contributed by atoms with Gasteiger partial charge in [0, 0.05) is 13.2 Å². The van der Waals surface area contributed by atoms with Crippen LogP contribution in [0.15, 0.2) is 16.5 Å². The number of rotatable bonds is 10. The molecule has 5 nitrogen and oxygen atoms in total. The highest BCUT2D eigenvalue weighted by molar-refractivity contribution is 5.91. The summed E-state index contributed by atoms with van der Waals surface area (Å²) in [7, 11) is 0. The number of hydrogen-bond donors (Lipinski definition) is 2. The zero-order valence-corrected chi connectivity index (χ0v) is 13.4. The highest BCUT2D eigenvalue weighted by Gasteiger charge is 2.12. The van der Waals surface area contributed by atoms with E-state index >= 15 is 0 Å². The lowest BCUT2D eigenvalue weighted by Gasteiger charge is -2.15. The second-order valence-corrected chi connectivity index (χ2v) is 5.41. The van der Waals surface area contributed by atoms with Crippen LogP contribution < -0.4 is 5.32 Å². The quantitative estimate of drug-likeness (QED) is 0.650. The van der Waals surface area contributed by atoms with Crippen molar-refractivity contribution in [3.05, 3.63) is 23.7 Å². The van der Waals surface area contributed by atoms with Crippen LogP contribution in [-0.2, 0) is 6.54 Å². The molecule has 0 saturated heterocycles. The molecule has 1 atom stereocenters. The van der Waals surface area contributed by atoms with Crippen molar-refractivity contribution in [2.24, 2.45) is 5.92 Å². The van der Waals surface area contributed by atoms with Crippen LogP contribution in [0.2, 0.25) is 0 Å². The fourth-order valence-corrected chi connectivity index (χ4v) is 2.08. The summed E-state index contributed by atoms with van der Waals surface area (Å²) in [5.41, 5.74) is 0. The molecule has 0 aromatic carbocycles. The Morgan fingerprint density at radius 1 is 1.38 bits per heavy atom. The third-order valence-electron chi connectivity index (χ3n) is 3.63. The maximum Gasteiger partial charge on any atom is 0.286 e. The minimum Gasteiger partial charge on any atom is -0.455 e. The fraction of sp³-hybridized carbons (Fsp3) is 0.688. The first kappa shape index (κ1) is 17.7. The molecule has 0 aliphatic rings. The van der Waals surface area contributed by atoms with E-state index in [1.807, 2.05) is 13.0 Å². The Hall–Kier alpha value is -1.33. The van der Waals surface area contributed by atoms with E-state index in [0.29, 0.717) is 12.3 Å². The zero-order valence-electron chi connectivity index (χ0n) is 13.4. The van der Waals surface area contributed by atoms with Gasteiger partial charge in [0.2, 0.25) is 0 Å². The third-order valence-corrected chi connectivity index (χ3v) is 3.63. The van der Waals surface area contributed by atoms with Gasteiger partial charge in [0.05, 0.1) is 6.54 Å². The molecule has 0 aliphatic carbocycles. The average molecular weight is 296 g/mol. The normalized spacial score (nSPS) is 12.6. The summed E-state index contributed by atoms with van der Waals surface area (Å²) in [6.07, 6.45) is 1.77. The highest BCUT2D eigenvalue weighted by atomic mass is 16.4. The second-order valence-electron chi connectivity index (χ2n) is 5.41. The summed E-state index contributed by atoms with van der Waals surface area (Å²) in [5, 5.41) is 11.8. The molecule has 1 aromatic heterocycles. The van der Waals surface area contributed by atoms with Gasteiger partial charge < -0.3 is 14.8 Å². The molecule has 21 heavy (non-hydrogen) atoms. The van der Waals surface area contributed by atoms with Gasteiger partial charge in [-0.05, 0) is 44.0 Å². The molecule has 0 saturated carbocycles. The van der Waals surface area contributed by atoms with E-state index < -0.39 is 0 Å². The van der Waals surface area contributed by atoms with Crippen LogP contribution in [0.5, 0.6) is 0 Å². The standard InChI is InChI=1S/C16H28N2O3/c1-4-18(5-2)11-14-8-9-15(21-14)16(20)17-10-6-7-13(3)12-19/h8-9,13,19H,4-7,10-12H2,1-3H3,(H,17,20). The van der Waals surface area contributed by atoms with Crippen LogP contribution in [0, 0.1) is 5.92 Å². The van der Waals surface area contributed by atoms with Gasteiger partial charge in [0.25, 0.3) is 5.91 Å². The predicted molar refractivity (Wildman–Crippen MR) is 83.2 cm³/mol. The minimum absolute atomic E-state index is 0.169. The molecular formula is C16H28N2O3. The van der Waals surface area contributed by atoms with Crippen molar-refractivity contribution >= 4 is 5.91 Å². The van der Waals surface area contributed by atoms with Gasteiger partial charge in [-0.1, -0.05) is 20.8 Å². The molecule has 2 N–H and O–H groups in total. The molecular weight excluding hydrogens is 268 g/mol. The van der Waals surface area contributed by atoms with Crippen molar-refractivity contribution in [2.75, 3.05) is 26.2 Å². The van der Waals surface area contributed by atoms with E-state index in [0.717, 1.165) is 38.2 Å². The first-order valence-electron chi connectivity index (χ1n) is 7.80.